The number of methoxy groups -OCH3 is 1. The zero-order chi connectivity index (χ0) is 43.1. The molecule has 5 aromatic rings. The number of aliphatic hydroxyl groups excluding tert-OH is 2. The number of carbonyl (C=O) groups is 2. The van der Waals surface area contributed by atoms with Gasteiger partial charge in [0.2, 0.25) is 0 Å². The molecule has 10 heteroatoms. The molecule has 0 saturated carbocycles. The van der Waals surface area contributed by atoms with Gasteiger partial charge < -0.3 is 33.6 Å². The normalized spacial score (nSPS) is 20.5. The van der Waals surface area contributed by atoms with Gasteiger partial charge in [0.05, 0.1) is 18.8 Å². The summed E-state index contributed by atoms with van der Waals surface area (Å²) in [6.07, 6.45) is 1.74. The standard InChI is InChI=1S/C51H56O10/c1-32(30-53)41-21-19-33-13-15-36(16-14-33)27-38(18-17-35-11-8-12-37(26-35)25-34-9-6-5-7-10-34)28-44(54)58-47-45-43(61-51(2,3)48(47)60-49(41)55)22-20-39-29-42(50(56)59-46(39)45)40(23-24-52)31-57-4/h5-16,20,22,26,29,38,40,47-48,52-53H,17-19,21,23-25,27-28,30-31H2,1-4H3/b41-32-/t38-,40+,47+,48-/m0/s1. The minimum Gasteiger partial charge on any atom is -0.483 e. The maximum absolute atomic E-state index is 14.5. The number of hydrogen-bond donors (Lipinski definition) is 2. The van der Waals surface area contributed by atoms with E-state index < -0.39 is 41.3 Å². The third-order valence-corrected chi connectivity index (χ3v) is 12.1. The van der Waals surface area contributed by atoms with Gasteiger partial charge in [-0.2, -0.15) is 0 Å². The van der Waals surface area contributed by atoms with E-state index >= 15 is 0 Å². The SMILES string of the molecule is COC[C@@H](CCO)c1cc2ccc3c(c2oc1=O)[C@H]1OC(=O)C[C@@H](CCc2cccc(Cc4ccccc4)c2)Cc2ccc(cc2)CC/C(=C(\C)CO)C(=O)O[C@@H]1C(C)(C)O3. The molecule has 320 valence electrons. The summed E-state index contributed by atoms with van der Waals surface area (Å²) in [6, 6.07) is 32.4. The van der Waals surface area contributed by atoms with E-state index in [-0.39, 0.29) is 49.7 Å². The van der Waals surface area contributed by atoms with Crippen molar-refractivity contribution in [1.82, 2.24) is 0 Å². The Kier molecular flexibility index (Phi) is 13.9. The lowest BCUT2D eigenvalue weighted by Gasteiger charge is -2.43. The Morgan fingerprint density at radius 2 is 1.57 bits per heavy atom. The van der Waals surface area contributed by atoms with Crippen LogP contribution in [0.5, 0.6) is 5.75 Å². The molecule has 4 heterocycles. The van der Waals surface area contributed by atoms with Gasteiger partial charge in [0.25, 0.3) is 0 Å². The predicted octanol–water partition coefficient (Wildman–Crippen LogP) is 8.30. The molecule has 4 atom stereocenters. The van der Waals surface area contributed by atoms with Crippen molar-refractivity contribution in [1.29, 1.82) is 0 Å². The first kappa shape index (κ1) is 43.5. The van der Waals surface area contributed by atoms with Crippen LogP contribution in [0.1, 0.15) is 97.4 Å². The van der Waals surface area contributed by atoms with Crippen LogP contribution in [0.3, 0.4) is 0 Å². The fraction of sp³-hybridized carbons (Fsp3) is 0.392. The monoisotopic (exact) mass is 828 g/mol. The quantitative estimate of drug-likeness (QED) is 0.0759. The van der Waals surface area contributed by atoms with Crippen LogP contribution in [-0.2, 0) is 49.5 Å². The number of carbonyl (C=O) groups excluding carboxylic acids is 2. The van der Waals surface area contributed by atoms with Crippen molar-refractivity contribution >= 4 is 22.9 Å². The first-order chi connectivity index (χ1) is 29.5. The maximum atomic E-state index is 14.5. The predicted molar refractivity (Wildman–Crippen MR) is 233 cm³/mol. The highest BCUT2D eigenvalue weighted by Crippen LogP contribution is 2.47. The highest BCUT2D eigenvalue weighted by molar-refractivity contribution is 5.90. The number of esters is 2. The van der Waals surface area contributed by atoms with Crippen LogP contribution >= 0.6 is 0 Å². The van der Waals surface area contributed by atoms with E-state index in [4.69, 9.17) is 23.4 Å². The molecule has 61 heavy (non-hydrogen) atoms. The molecule has 0 spiro atoms. The number of fused-ring (bicyclic) bond motifs is 13. The van der Waals surface area contributed by atoms with Gasteiger partial charge in [-0.25, -0.2) is 9.59 Å². The Bertz CT molecular complexity index is 2410. The van der Waals surface area contributed by atoms with Gasteiger partial charge in [-0.05, 0) is 123 Å². The van der Waals surface area contributed by atoms with Crippen molar-refractivity contribution in [2.45, 2.75) is 95.9 Å². The topological polar surface area (TPSA) is 142 Å². The first-order valence-electron chi connectivity index (χ1n) is 21.2. The van der Waals surface area contributed by atoms with Crippen LogP contribution in [0.4, 0.5) is 0 Å². The van der Waals surface area contributed by atoms with Crippen molar-refractivity contribution in [3.05, 3.63) is 158 Å². The van der Waals surface area contributed by atoms with Gasteiger partial charge >= 0.3 is 17.6 Å². The van der Waals surface area contributed by atoms with Crippen molar-refractivity contribution in [2.24, 2.45) is 5.92 Å². The summed E-state index contributed by atoms with van der Waals surface area (Å²) in [6.45, 7) is 4.93. The van der Waals surface area contributed by atoms with E-state index in [1.165, 1.54) is 23.8 Å². The maximum Gasteiger partial charge on any atom is 0.339 e. The molecule has 0 fully saturated rings. The number of aliphatic hydroxyl groups is 2. The molecule has 0 aliphatic carbocycles. The molecule has 8 rings (SSSR count). The van der Waals surface area contributed by atoms with Crippen molar-refractivity contribution < 1.29 is 43.2 Å². The van der Waals surface area contributed by atoms with Gasteiger partial charge in [0.15, 0.2) is 12.2 Å². The summed E-state index contributed by atoms with van der Waals surface area (Å²) in [5.41, 5.74) is 5.47. The Morgan fingerprint density at radius 1 is 0.836 bits per heavy atom. The summed E-state index contributed by atoms with van der Waals surface area (Å²) in [7, 11) is 1.53. The highest BCUT2D eigenvalue weighted by Gasteiger charge is 2.50. The summed E-state index contributed by atoms with van der Waals surface area (Å²) in [5, 5.41) is 20.5. The second-order valence-corrected chi connectivity index (χ2v) is 17.0. The molecular formula is C51H56O10. The fourth-order valence-electron chi connectivity index (χ4n) is 8.73. The number of ether oxygens (including phenoxy) is 4. The van der Waals surface area contributed by atoms with Crippen LogP contribution in [-0.4, -0.2) is 60.8 Å². The lowest BCUT2D eigenvalue weighted by Crippen LogP contribution is -2.52. The largest absolute Gasteiger partial charge is 0.483 e. The molecule has 3 aliphatic heterocycles. The van der Waals surface area contributed by atoms with Crippen LogP contribution in [0.15, 0.2) is 117 Å². The van der Waals surface area contributed by atoms with E-state index in [1.54, 1.807) is 39.0 Å². The molecule has 3 aliphatic rings. The van der Waals surface area contributed by atoms with E-state index in [1.807, 2.05) is 18.2 Å². The second kappa shape index (κ2) is 19.4. The van der Waals surface area contributed by atoms with Crippen LogP contribution < -0.4 is 10.4 Å². The van der Waals surface area contributed by atoms with Crippen LogP contribution in [0, 0.1) is 5.92 Å². The van der Waals surface area contributed by atoms with E-state index in [2.05, 4.69) is 60.7 Å². The molecule has 2 bridgehead atoms. The zero-order valence-corrected chi connectivity index (χ0v) is 35.5. The summed E-state index contributed by atoms with van der Waals surface area (Å²) in [4.78, 5) is 42.5. The summed E-state index contributed by atoms with van der Waals surface area (Å²) < 4.78 is 30.8. The molecule has 0 unspecified atom stereocenters. The van der Waals surface area contributed by atoms with Gasteiger partial charge in [-0.1, -0.05) is 78.9 Å². The molecule has 0 amide bonds. The first-order valence-corrected chi connectivity index (χ1v) is 21.2. The third kappa shape index (κ3) is 10.3. The van der Waals surface area contributed by atoms with Crippen molar-refractivity contribution in [3.63, 3.8) is 0 Å². The number of rotatable bonds is 11. The smallest absolute Gasteiger partial charge is 0.339 e. The highest BCUT2D eigenvalue weighted by atomic mass is 16.6. The average molecular weight is 829 g/mol. The number of hydrogen-bond acceptors (Lipinski definition) is 10. The molecular weight excluding hydrogens is 773 g/mol. The number of aryl methyl sites for hydroxylation is 2. The molecule has 1 aromatic heterocycles. The average Bonchev–Trinajstić information content (AvgIpc) is 3.24. The third-order valence-electron chi connectivity index (χ3n) is 12.1. The van der Waals surface area contributed by atoms with E-state index in [0.717, 1.165) is 24.0 Å². The lowest BCUT2D eigenvalue weighted by atomic mass is 9.86. The minimum atomic E-state index is -1.22. The summed E-state index contributed by atoms with van der Waals surface area (Å²) in [5.74, 6) is -1.36. The van der Waals surface area contributed by atoms with Crippen LogP contribution in [0.25, 0.3) is 11.0 Å². The Hall–Kier alpha value is -5.55. The molecule has 0 saturated heterocycles. The molecule has 4 aromatic carbocycles. The molecule has 10 nitrogen and oxygen atoms in total. The Labute approximate surface area is 357 Å². The van der Waals surface area contributed by atoms with Crippen LogP contribution in [0.2, 0.25) is 0 Å². The van der Waals surface area contributed by atoms with Gasteiger partial charge in [-0.3, -0.25) is 4.79 Å². The molecule has 2 N–H and O–H groups in total. The molecule has 0 radical (unpaired) electrons. The summed E-state index contributed by atoms with van der Waals surface area (Å²) >= 11 is 0. The van der Waals surface area contributed by atoms with Crippen molar-refractivity contribution in [2.75, 3.05) is 26.9 Å². The Morgan fingerprint density at radius 3 is 2.31 bits per heavy atom. The number of benzene rings is 4. The Balaban J connectivity index is 1.27. The zero-order valence-electron chi connectivity index (χ0n) is 35.5. The van der Waals surface area contributed by atoms with Gasteiger partial charge in [-0.15, -0.1) is 0 Å². The lowest BCUT2D eigenvalue weighted by molar-refractivity contribution is -0.188. The van der Waals surface area contributed by atoms with Gasteiger partial charge in [0, 0.05) is 42.6 Å². The van der Waals surface area contributed by atoms with E-state index in [9.17, 15) is 24.6 Å². The van der Waals surface area contributed by atoms with E-state index in [0.29, 0.717) is 53.5 Å². The van der Waals surface area contributed by atoms with Crippen molar-refractivity contribution in [3.8, 4) is 5.75 Å². The fourth-order valence-corrected chi connectivity index (χ4v) is 8.73. The second-order valence-electron chi connectivity index (χ2n) is 17.0. The van der Waals surface area contributed by atoms with Gasteiger partial charge in [0.1, 0.15) is 16.9 Å². The minimum absolute atomic E-state index is 0.0761.